The molecule has 1 aromatic rings. The van der Waals surface area contributed by atoms with Crippen molar-refractivity contribution in [1.29, 1.82) is 0 Å². The van der Waals surface area contributed by atoms with E-state index in [0.29, 0.717) is 0 Å². The summed E-state index contributed by atoms with van der Waals surface area (Å²) in [6.07, 6.45) is 2.51. The Balaban J connectivity index is 2.13. The molecule has 0 spiro atoms. The van der Waals surface area contributed by atoms with Crippen molar-refractivity contribution in [2.24, 2.45) is 0 Å². The molecule has 0 heterocycles. The number of hydrogen-bond donors (Lipinski definition) is 1. The van der Waals surface area contributed by atoms with E-state index in [1.807, 2.05) is 11.8 Å². The summed E-state index contributed by atoms with van der Waals surface area (Å²) in [5.41, 5.74) is 4.23. The molecule has 0 atom stereocenters. The fourth-order valence-electron chi connectivity index (χ4n) is 1.94. The predicted molar refractivity (Wildman–Crippen MR) is 79.9 cm³/mol. The molecule has 1 N–H and O–H groups in total. The lowest BCUT2D eigenvalue weighted by Gasteiger charge is -2.05. The third kappa shape index (κ3) is 6.75. The number of thioether (sulfide) groups is 1. The van der Waals surface area contributed by atoms with Crippen molar-refractivity contribution in [2.45, 2.75) is 39.4 Å². The molecule has 96 valence electrons. The van der Waals surface area contributed by atoms with Gasteiger partial charge in [-0.3, -0.25) is 0 Å². The summed E-state index contributed by atoms with van der Waals surface area (Å²) < 4.78 is 0. The molecule has 0 bridgehead atoms. The summed E-state index contributed by atoms with van der Waals surface area (Å²) in [6, 6.07) is 6.84. The molecule has 0 radical (unpaired) electrons. The third-order valence-corrected chi connectivity index (χ3v) is 3.73. The highest BCUT2D eigenvalue weighted by atomic mass is 32.2. The van der Waals surface area contributed by atoms with Gasteiger partial charge in [0.2, 0.25) is 0 Å². The van der Waals surface area contributed by atoms with Gasteiger partial charge >= 0.3 is 0 Å². The van der Waals surface area contributed by atoms with Crippen molar-refractivity contribution in [3.63, 3.8) is 0 Å². The largest absolute Gasteiger partial charge is 0.317 e. The third-order valence-electron chi connectivity index (χ3n) is 2.62. The van der Waals surface area contributed by atoms with E-state index in [9.17, 15) is 0 Å². The molecule has 1 rings (SSSR count). The molecule has 0 fully saturated rings. The highest BCUT2D eigenvalue weighted by molar-refractivity contribution is 7.98. The molecule has 0 amide bonds. The van der Waals surface area contributed by atoms with Crippen molar-refractivity contribution in [3.05, 3.63) is 34.9 Å². The fraction of sp³-hybridized carbons (Fsp3) is 0.600. The van der Waals surface area contributed by atoms with Crippen LogP contribution in [0, 0.1) is 13.8 Å². The van der Waals surface area contributed by atoms with Crippen LogP contribution < -0.4 is 5.32 Å². The predicted octanol–water partition coefficient (Wildman–Crippen LogP) is 3.93. The molecule has 1 aromatic carbocycles. The molecule has 0 aromatic heterocycles. The summed E-state index contributed by atoms with van der Waals surface area (Å²) in [4.78, 5) is 0. The van der Waals surface area contributed by atoms with Crippen molar-refractivity contribution in [1.82, 2.24) is 5.32 Å². The quantitative estimate of drug-likeness (QED) is 0.703. The van der Waals surface area contributed by atoms with E-state index in [2.05, 4.69) is 44.3 Å². The molecule has 0 aliphatic rings. The summed E-state index contributed by atoms with van der Waals surface area (Å²) in [5, 5.41) is 3.44. The van der Waals surface area contributed by atoms with Crippen LogP contribution >= 0.6 is 11.8 Å². The normalized spacial score (nSPS) is 10.8. The number of benzene rings is 1. The van der Waals surface area contributed by atoms with Crippen LogP contribution in [-0.4, -0.2) is 18.8 Å². The second-order valence-electron chi connectivity index (χ2n) is 4.65. The summed E-state index contributed by atoms with van der Waals surface area (Å²) >= 11 is 2.04. The smallest absolute Gasteiger partial charge is 0.0184 e. The minimum Gasteiger partial charge on any atom is -0.317 e. The van der Waals surface area contributed by atoms with E-state index in [-0.39, 0.29) is 0 Å². The van der Waals surface area contributed by atoms with Crippen LogP contribution in [0.3, 0.4) is 0 Å². The van der Waals surface area contributed by atoms with Crippen LogP contribution in [0.5, 0.6) is 0 Å². The number of hydrogen-bond acceptors (Lipinski definition) is 2. The SMILES string of the molecule is CCCNCCCSCc1cc(C)cc(C)c1. The highest BCUT2D eigenvalue weighted by Gasteiger charge is 1.96. The standard InChI is InChI=1S/C15H25NS/c1-4-6-16-7-5-8-17-12-15-10-13(2)9-14(3)11-15/h9-11,16H,4-8,12H2,1-3H3. The van der Waals surface area contributed by atoms with E-state index < -0.39 is 0 Å². The van der Waals surface area contributed by atoms with Crippen molar-refractivity contribution < 1.29 is 0 Å². The lowest BCUT2D eigenvalue weighted by atomic mass is 10.1. The lowest BCUT2D eigenvalue weighted by molar-refractivity contribution is 0.664. The Morgan fingerprint density at radius 1 is 1.06 bits per heavy atom. The van der Waals surface area contributed by atoms with Gasteiger partial charge in [0.05, 0.1) is 0 Å². The Morgan fingerprint density at radius 3 is 2.41 bits per heavy atom. The molecule has 0 aliphatic carbocycles. The Bertz CT molecular complexity index is 302. The minimum atomic E-state index is 1.15. The second-order valence-corrected chi connectivity index (χ2v) is 5.76. The van der Waals surface area contributed by atoms with Gasteiger partial charge in [-0.2, -0.15) is 11.8 Å². The van der Waals surface area contributed by atoms with Crippen molar-refractivity contribution >= 4 is 11.8 Å². The van der Waals surface area contributed by atoms with Crippen LogP contribution in [0.15, 0.2) is 18.2 Å². The summed E-state index contributed by atoms with van der Waals surface area (Å²) in [7, 11) is 0. The Morgan fingerprint density at radius 2 is 1.76 bits per heavy atom. The Kier molecular flexibility index (Phi) is 7.38. The first-order chi connectivity index (χ1) is 8.22. The number of nitrogens with one attached hydrogen (secondary N) is 1. The maximum atomic E-state index is 3.44. The van der Waals surface area contributed by atoms with Gasteiger partial charge < -0.3 is 5.32 Å². The van der Waals surface area contributed by atoms with E-state index in [0.717, 1.165) is 18.8 Å². The maximum absolute atomic E-state index is 3.44. The lowest BCUT2D eigenvalue weighted by Crippen LogP contribution is -2.16. The molecule has 0 aliphatic heterocycles. The zero-order valence-electron chi connectivity index (χ0n) is 11.4. The molecule has 0 saturated heterocycles. The van der Waals surface area contributed by atoms with Gasteiger partial charge in [0, 0.05) is 5.75 Å². The average Bonchev–Trinajstić information content (AvgIpc) is 2.26. The molecular formula is C15H25NS. The summed E-state index contributed by atoms with van der Waals surface area (Å²) in [5.74, 6) is 2.40. The molecule has 1 nitrogen and oxygen atoms in total. The van der Waals surface area contributed by atoms with Crippen molar-refractivity contribution in [2.75, 3.05) is 18.8 Å². The monoisotopic (exact) mass is 251 g/mol. The average molecular weight is 251 g/mol. The summed E-state index contributed by atoms with van der Waals surface area (Å²) in [6.45, 7) is 8.88. The second kappa shape index (κ2) is 8.60. The van der Waals surface area contributed by atoms with Crippen LogP contribution in [0.2, 0.25) is 0 Å². The first kappa shape index (κ1) is 14.6. The topological polar surface area (TPSA) is 12.0 Å². The van der Waals surface area contributed by atoms with Crippen LogP contribution in [0.4, 0.5) is 0 Å². The maximum Gasteiger partial charge on any atom is 0.0184 e. The van der Waals surface area contributed by atoms with Gasteiger partial charge in [-0.1, -0.05) is 36.2 Å². The molecule has 0 saturated carbocycles. The highest BCUT2D eigenvalue weighted by Crippen LogP contribution is 2.16. The van der Waals surface area contributed by atoms with Gasteiger partial charge in [0.15, 0.2) is 0 Å². The molecule has 0 unspecified atom stereocenters. The van der Waals surface area contributed by atoms with E-state index >= 15 is 0 Å². The first-order valence-electron chi connectivity index (χ1n) is 6.58. The van der Waals surface area contributed by atoms with Gasteiger partial charge in [-0.15, -0.1) is 0 Å². The molecular weight excluding hydrogens is 226 g/mol. The first-order valence-corrected chi connectivity index (χ1v) is 7.73. The minimum absolute atomic E-state index is 1.15. The van der Waals surface area contributed by atoms with Crippen LogP contribution in [0.25, 0.3) is 0 Å². The zero-order chi connectivity index (χ0) is 12.5. The van der Waals surface area contributed by atoms with Crippen LogP contribution in [0.1, 0.15) is 36.5 Å². The van der Waals surface area contributed by atoms with E-state index in [4.69, 9.17) is 0 Å². The van der Waals surface area contributed by atoms with E-state index in [1.54, 1.807) is 0 Å². The fourth-order valence-corrected chi connectivity index (χ4v) is 2.84. The van der Waals surface area contributed by atoms with E-state index in [1.165, 1.54) is 35.3 Å². The Hall–Kier alpha value is -0.470. The zero-order valence-corrected chi connectivity index (χ0v) is 12.2. The molecule has 2 heteroatoms. The number of rotatable bonds is 8. The van der Waals surface area contributed by atoms with Gasteiger partial charge in [0.1, 0.15) is 0 Å². The van der Waals surface area contributed by atoms with Gasteiger partial charge in [-0.25, -0.2) is 0 Å². The molecule has 17 heavy (non-hydrogen) atoms. The Labute approximate surface area is 110 Å². The van der Waals surface area contributed by atoms with Crippen LogP contribution in [-0.2, 0) is 5.75 Å². The van der Waals surface area contributed by atoms with Crippen molar-refractivity contribution in [3.8, 4) is 0 Å². The van der Waals surface area contributed by atoms with Gasteiger partial charge in [-0.05, 0) is 51.1 Å². The number of aryl methyl sites for hydroxylation is 2. The van der Waals surface area contributed by atoms with Gasteiger partial charge in [0.25, 0.3) is 0 Å².